The molecule has 6 nitrogen and oxygen atoms in total. The maximum atomic E-state index is 12.7. The van der Waals surface area contributed by atoms with Crippen LogP contribution in [0.25, 0.3) is 0 Å². The minimum atomic E-state index is -0.452. The van der Waals surface area contributed by atoms with Gasteiger partial charge in [0.15, 0.2) is 0 Å². The number of rotatable bonds is 7. The Labute approximate surface area is 187 Å². The van der Waals surface area contributed by atoms with Gasteiger partial charge in [0.25, 0.3) is 0 Å². The van der Waals surface area contributed by atoms with E-state index in [2.05, 4.69) is 0 Å². The van der Waals surface area contributed by atoms with Crippen LogP contribution in [0.15, 0.2) is 72.8 Å². The van der Waals surface area contributed by atoms with E-state index >= 15 is 0 Å². The fourth-order valence-electron chi connectivity index (χ4n) is 3.88. The lowest BCUT2D eigenvalue weighted by Gasteiger charge is -2.18. The molecule has 1 aliphatic heterocycles. The lowest BCUT2D eigenvalue weighted by Crippen LogP contribution is -2.24. The highest BCUT2D eigenvalue weighted by Gasteiger charge is 2.32. The van der Waals surface area contributed by atoms with Gasteiger partial charge in [0.1, 0.15) is 23.7 Å². The van der Waals surface area contributed by atoms with Crippen molar-refractivity contribution in [3.05, 3.63) is 89.5 Å². The molecule has 3 aromatic rings. The summed E-state index contributed by atoms with van der Waals surface area (Å²) in [5.74, 6) is 0.817. The molecule has 1 atom stereocenters. The third-order valence-corrected chi connectivity index (χ3v) is 5.62. The minimum Gasteiger partial charge on any atom is -0.496 e. The molecule has 1 fully saturated rings. The molecule has 4 rings (SSSR count). The van der Waals surface area contributed by atoms with E-state index in [0.717, 1.165) is 22.6 Å². The van der Waals surface area contributed by atoms with Crippen LogP contribution < -0.4 is 14.4 Å². The van der Waals surface area contributed by atoms with Crippen molar-refractivity contribution in [1.82, 2.24) is 0 Å². The molecule has 0 bridgehead atoms. The predicted octanol–water partition coefficient (Wildman–Crippen LogP) is 4.58. The smallest absolute Gasteiger partial charge is 0.341 e. The highest BCUT2D eigenvalue weighted by Crippen LogP contribution is 2.35. The number of nitrogens with zero attached hydrogens (tertiary/aromatic N) is 1. The third kappa shape index (κ3) is 4.59. The van der Waals surface area contributed by atoms with Gasteiger partial charge in [-0.1, -0.05) is 36.4 Å². The van der Waals surface area contributed by atoms with Crippen molar-refractivity contribution in [3.8, 4) is 11.5 Å². The van der Waals surface area contributed by atoms with E-state index in [1.165, 1.54) is 14.2 Å². The molecular weight excluding hydrogens is 406 g/mol. The summed E-state index contributed by atoms with van der Waals surface area (Å²) in [6.45, 7) is 1.05. The summed E-state index contributed by atoms with van der Waals surface area (Å²) in [5.41, 5.74) is 3.25. The Morgan fingerprint density at radius 3 is 2.44 bits per heavy atom. The molecule has 32 heavy (non-hydrogen) atoms. The Morgan fingerprint density at radius 1 is 1.00 bits per heavy atom. The zero-order valence-corrected chi connectivity index (χ0v) is 18.1. The summed E-state index contributed by atoms with van der Waals surface area (Å²) in [4.78, 5) is 26.4. The summed E-state index contributed by atoms with van der Waals surface area (Å²) in [6.07, 6.45) is 0.396. The number of hydrogen-bond acceptors (Lipinski definition) is 5. The van der Waals surface area contributed by atoms with Crippen LogP contribution >= 0.6 is 0 Å². The zero-order chi connectivity index (χ0) is 22.5. The van der Waals surface area contributed by atoms with Crippen LogP contribution in [0, 0.1) is 0 Å². The van der Waals surface area contributed by atoms with E-state index < -0.39 is 5.97 Å². The molecule has 164 valence electrons. The van der Waals surface area contributed by atoms with Gasteiger partial charge in [-0.15, -0.1) is 0 Å². The zero-order valence-electron chi connectivity index (χ0n) is 18.1. The second kappa shape index (κ2) is 9.56. The molecule has 1 aliphatic rings. The number of methoxy groups -OCH3 is 2. The van der Waals surface area contributed by atoms with Crippen molar-refractivity contribution in [2.45, 2.75) is 18.9 Å². The molecule has 3 aromatic carbocycles. The maximum absolute atomic E-state index is 12.7. The van der Waals surface area contributed by atoms with Crippen molar-refractivity contribution in [2.24, 2.45) is 0 Å². The Bertz CT molecular complexity index is 1090. The molecule has 0 aromatic heterocycles. The highest BCUT2D eigenvalue weighted by atomic mass is 16.5. The molecule has 6 heteroatoms. The normalized spacial score (nSPS) is 15.5. The number of carbonyl (C=O) groups is 2. The number of amides is 1. The van der Waals surface area contributed by atoms with E-state index in [1.807, 2.05) is 66.7 Å². The van der Waals surface area contributed by atoms with Crippen molar-refractivity contribution in [2.75, 3.05) is 25.7 Å². The first kappa shape index (κ1) is 21.4. The SMILES string of the molecule is COC(=O)c1ccc(C2CC(=O)N(c3ccc(OCc4ccccc4)cc3)C2)cc1OC. The molecular formula is C26H25NO5. The Morgan fingerprint density at radius 2 is 1.75 bits per heavy atom. The number of esters is 1. The fourth-order valence-corrected chi connectivity index (χ4v) is 3.88. The Balaban J connectivity index is 1.44. The van der Waals surface area contributed by atoms with Gasteiger partial charge in [-0.25, -0.2) is 4.79 Å². The summed E-state index contributed by atoms with van der Waals surface area (Å²) in [6, 6.07) is 22.9. The van der Waals surface area contributed by atoms with E-state index in [1.54, 1.807) is 11.0 Å². The van der Waals surface area contributed by atoms with Crippen LogP contribution in [0.1, 0.15) is 33.8 Å². The van der Waals surface area contributed by atoms with E-state index in [4.69, 9.17) is 14.2 Å². The molecule has 0 spiro atoms. The average molecular weight is 431 g/mol. The van der Waals surface area contributed by atoms with Crippen molar-refractivity contribution < 1.29 is 23.8 Å². The first-order valence-corrected chi connectivity index (χ1v) is 10.4. The standard InChI is InChI=1S/C26H25NO5/c1-30-24-14-19(8-13-23(24)26(29)31-2)20-15-25(28)27(16-20)21-9-11-22(12-10-21)32-17-18-6-4-3-5-7-18/h3-14,20H,15-17H2,1-2H3. The number of anilines is 1. The average Bonchev–Trinajstić information content (AvgIpc) is 3.24. The number of hydrogen-bond donors (Lipinski definition) is 0. The monoisotopic (exact) mass is 431 g/mol. The molecule has 1 saturated heterocycles. The lowest BCUT2D eigenvalue weighted by atomic mass is 9.96. The maximum Gasteiger partial charge on any atom is 0.341 e. The lowest BCUT2D eigenvalue weighted by molar-refractivity contribution is -0.117. The Kier molecular flexibility index (Phi) is 6.40. The molecule has 0 aliphatic carbocycles. The molecule has 1 unspecified atom stereocenters. The summed E-state index contributed by atoms with van der Waals surface area (Å²) in [7, 11) is 2.85. The molecule has 1 heterocycles. The molecule has 1 amide bonds. The third-order valence-electron chi connectivity index (χ3n) is 5.62. The quantitative estimate of drug-likeness (QED) is 0.513. The number of carbonyl (C=O) groups excluding carboxylic acids is 2. The van der Waals surface area contributed by atoms with Crippen LogP contribution in [0.2, 0.25) is 0 Å². The van der Waals surface area contributed by atoms with Crippen molar-refractivity contribution in [3.63, 3.8) is 0 Å². The van der Waals surface area contributed by atoms with Crippen molar-refractivity contribution >= 4 is 17.6 Å². The number of benzene rings is 3. The Hall–Kier alpha value is -3.80. The molecule has 0 saturated carbocycles. The van der Waals surface area contributed by atoms with Gasteiger partial charge in [0.05, 0.1) is 14.2 Å². The predicted molar refractivity (Wildman–Crippen MR) is 121 cm³/mol. The van der Waals surface area contributed by atoms with Crippen LogP contribution in [0.3, 0.4) is 0 Å². The first-order chi connectivity index (χ1) is 15.6. The molecule has 0 radical (unpaired) electrons. The van der Waals surface area contributed by atoms with E-state index in [9.17, 15) is 9.59 Å². The van der Waals surface area contributed by atoms with Gasteiger partial charge in [0.2, 0.25) is 5.91 Å². The van der Waals surface area contributed by atoms with Crippen LogP contribution in [-0.2, 0) is 16.1 Å². The van der Waals surface area contributed by atoms with E-state index in [0.29, 0.717) is 30.9 Å². The van der Waals surface area contributed by atoms with Gasteiger partial charge in [-0.2, -0.15) is 0 Å². The van der Waals surface area contributed by atoms with Gasteiger partial charge in [0, 0.05) is 24.6 Å². The summed E-state index contributed by atoms with van der Waals surface area (Å²) < 4.78 is 16.0. The minimum absolute atomic E-state index is 0.0112. The van der Waals surface area contributed by atoms with Gasteiger partial charge < -0.3 is 19.1 Å². The first-order valence-electron chi connectivity index (χ1n) is 10.4. The van der Waals surface area contributed by atoms with Crippen LogP contribution in [-0.4, -0.2) is 32.6 Å². The molecule has 0 N–H and O–H groups in total. The van der Waals surface area contributed by atoms with Gasteiger partial charge in [-0.05, 0) is 47.5 Å². The topological polar surface area (TPSA) is 65.1 Å². The highest BCUT2D eigenvalue weighted by molar-refractivity contribution is 5.97. The van der Waals surface area contributed by atoms with Gasteiger partial charge >= 0.3 is 5.97 Å². The second-order valence-electron chi connectivity index (χ2n) is 7.62. The largest absolute Gasteiger partial charge is 0.496 e. The van der Waals surface area contributed by atoms with Gasteiger partial charge in [-0.3, -0.25) is 4.79 Å². The summed E-state index contributed by atoms with van der Waals surface area (Å²) in [5, 5.41) is 0. The van der Waals surface area contributed by atoms with Crippen LogP contribution in [0.5, 0.6) is 11.5 Å². The van der Waals surface area contributed by atoms with Crippen LogP contribution in [0.4, 0.5) is 5.69 Å². The van der Waals surface area contributed by atoms with E-state index in [-0.39, 0.29) is 11.8 Å². The number of ether oxygens (including phenoxy) is 3. The summed E-state index contributed by atoms with van der Waals surface area (Å²) >= 11 is 0. The fraction of sp³-hybridized carbons (Fsp3) is 0.231. The second-order valence-corrected chi connectivity index (χ2v) is 7.62. The van der Waals surface area contributed by atoms with Crippen molar-refractivity contribution in [1.29, 1.82) is 0 Å².